The number of benzene rings is 2. The third kappa shape index (κ3) is 5.15. The molecule has 3 amide bonds. The second-order valence-electron chi connectivity index (χ2n) is 6.88. The highest BCUT2D eigenvalue weighted by Gasteiger charge is 2.35. The van der Waals surface area contributed by atoms with Gasteiger partial charge in [0.1, 0.15) is 5.75 Å². The summed E-state index contributed by atoms with van der Waals surface area (Å²) in [6.07, 6.45) is 1.71. The maximum Gasteiger partial charge on any atom is 0.261 e. The number of hydrogen-bond acceptors (Lipinski definition) is 4. The van der Waals surface area contributed by atoms with Gasteiger partial charge >= 0.3 is 0 Å². The van der Waals surface area contributed by atoms with E-state index in [1.165, 1.54) is 0 Å². The van der Waals surface area contributed by atoms with Crippen LogP contribution in [0.3, 0.4) is 0 Å². The molecule has 0 N–H and O–H groups in total. The Hall–Kier alpha value is -2.86. The molecule has 2 aromatic rings. The molecule has 6 nitrogen and oxygen atoms in total. The van der Waals surface area contributed by atoms with Crippen molar-refractivity contribution in [1.29, 1.82) is 0 Å². The summed E-state index contributed by atoms with van der Waals surface area (Å²) in [5, 5.41) is 0.665. The number of unbranched alkanes of at least 4 members (excludes halogenated alkanes) is 1. The zero-order valence-corrected chi connectivity index (χ0v) is 17.0. The van der Waals surface area contributed by atoms with Crippen molar-refractivity contribution in [2.24, 2.45) is 0 Å². The van der Waals surface area contributed by atoms with Gasteiger partial charge in [0.25, 0.3) is 11.8 Å². The maximum atomic E-state index is 12.3. The van der Waals surface area contributed by atoms with Crippen LogP contribution in [0.25, 0.3) is 0 Å². The molecule has 1 aliphatic heterocycles. The smallest absolute Gasteiger partial charge is 0.261 e. The van der Waals surface area contributed by atoms with Crippen LogP contribution in [0, 0.1) is 0 Å². The minimum absolute atomic E-state index is 0.0925. The number of carbonyl (C=O) groups is 3. The van der Waals surface area contributed by atoms with Gasteiger partial charge in [-0.05, 0) is 49.2 Å². The van der Waals surface area contributed by atoms with Crippen LogP contribution in [-0.2, 0) is 4.79 Å². The van der Waals surface area contributed by atoms with Gasteiger partial charge in [-0.2, -0.15) is 0 Å². The lowest BCUT2D eigenvalue weighted by Crippen LogP contribution is -2.35. The zero-order valence-electron chi connectivity index (χ0n) is 16.3. The van der Waals surface area contributed by atoms with Gasteiger partial charge in [-0.3, -0.25) is 19.3 Å². The molecular formula is C22H23ClN2O4. The lowest BCUT2D eigenvalue weighted by molar-refractivity contribution is -0.130. The number of amides is 3. The number of rotatable bonds is 9. The van der Waals surface area contributed by atoms with E-state index in [9.17, 15) is 14.4 Å². The third-order valence-corrected chi connectivity index (χ3v) is 5.08. The lowest BCUT2D eigenvalue weighted by Gasteiger charge is -2.19. The number of nitrogens with zero attached hydrogens (tertiary/aromatic N) is 2. The summed E-state index contributed by atoms with van der Waals surface area (Å²) in [7, 11) is 1.73. The maximum absolute atomic E-state index is 12.3. The molecule has 0 aliphatic carbocycles. The van der Waals surface area contributed by atoms with Crippen LogP contribution >= 0.6 is 11.6 Å². The van der Waals surface area contributed by atoms with Crippen LogP contribution in [0.2, 0.25) is 5.02 Å². The monoisotopic (exact) mass is 414 g/mol. The molecule has 0 saturated heterocycles. The average Bonchev–Trinajstić information content (AvgIpc) is 2.97. The van der Waals surface area contributed by atoms with Gasteiger partial charge in [0.2, 0.25) is 5.91 Å². The quantitative estimate of drug-likeness (QED) is 0.464. The van der Waals surface area contributed by atoms with E-state index in [0.717, 1.165) is 23.5 Å². The number of ether oxygens (including phenoxy) is 1. The highest BCUT2D eigenvalue weighted by molar-refractivity contribution is 6.30. The predicted molar refractivity (Wildman–Crippen MR) is 110 cm³/mol. The summed E-state index contributed by atoms with van der Waals surface area (Å²) in [6, 6.07) is 13.9. The van der Waals surface area contributed by atoms with Crippen LogP contribution in [0.5, 0.6) is 5.75 Å². The number of hydrogen-bond donors (Lipinski definition) is 0. The molecule has 1 aliphatic rings. The normalized spacial score (nSPS) is 12.8. The molecule has 0 atom stereocenters. The molecule has 0 bridgehead atoms. The Morgan fingerprint density at radius 2 is 1.62 bits per heavy atom. The first-order valence-electron chi connectivity index (χ1n) is 9.55. The fraction of sp³-hybridized carbons (Fsp3) is 0.318. The van der Waals surface area contributed by atoms with E-state index in [1.54, 1.807) is 48.3 Å². The molecule has 0 saturated carbocycles. The highest BCUT2D eigenvalue weighted by atomic mass is 35.5. The Labute approximate surface area is 175 Å². The van der Waals surface area contributed by atoms with Gasteiger partial charge in [0.15, 0.2) is 0 Å². The molecule has 0 radical (unpaired) electrons. The van der Waals surface area contributed by atoms with Crippen LogP contribution in [-0.4, -0.2) is 54.3 Å². The Kier molecular flexibility index (Phi) is 6.88. The van der Waals surface area contributed by atoms with Crippen molar-refractivity contribution in [3.8, 4) is 5.75 Å². The molecule has 29 heavy (non-hydrogen) atoms. The molecule has 1 heterocycles. The van der Waals surface area contributed by atoms with Crippen LogP contribution in [0.4, 0.5) is 0 Å². The Morgan fingerprint density at radius 3 is 2.24 bits per heavy atom. The molecule has 7 heteroatoms. The SMILES string of the molecule is CN(CCCCOc1ccc(Cl)cc1)C(=O)CCN1C(=O)c2ccccc2C1=O. The van der Waals surface area contributed by atoms with Crippen molar-refractivity contribution in [3.05, 3.63) is 64.7 Å². The standard InChI is InChI=1S/C22H23ClN2O4/c1-24(13-4-5-15-29-17-10-8-16(23)9-11-17)20(26)12-14-25-21(27)18-6-2-3-7-19(18)22(25)28/h2-3,6-11H,4-5,12-15H2,1H3. The van der Waals surface area contributed by atoms with Crippen molar-refractivity contribution < 1.29 is 19.1 Å². The van der Waals surface area contributed by atoms with Crippen molar-refractivity contribution >= 4 is 29.3 Å². The molecule has 0 fully saturated rings. The van der Waals surface area contributed by atoms with Crippen molar-refractivity contribution in [3.63, 3.8) is 0 Å². The summed E-state index contributed by atoms with van der Waals surface area (Å²) >= 11 is 5.83. The molecular weight excluding hydrogens is 392 g/mol. The van der Waals surface area contributed by atoms with Crippen LogP contribution < -0.4 is 4.74 Å². The third-order valence-electron chi connectivity index (χ3n) is 4.82. The molecule has 0 spiro atoms. The minimum atomic E-state index is -0.333. The van der Waals surface area contributed by atoms with E-state index in [1.807, 2.05) is 12.1 Å². The summed E-state index contributed by atoms with van der Waals surface area (Å²) < 4.78 is 5.63. The molecule has 0 unspecified atom stereocenters. The zero-order chi connectivity index (χ0) is 20.8. The van der Waals surface area contributed by atoms with Gasteiger partial charge in [-0.1, -0.05) is 23.7 Å². The molecule has 3 rings (SSSR count). The minimum Gasteiger partial charge on any atom is -0.494 e. The summed E-state index contributed by atoms with van der Waals surface area (Å²) in [5.41, 5.74) is 0.804. The lowest BCUT2D eigenvalue weighted by atomic mass is 10.1. The summed E-state index contributed by atoms with van der Waals surface area (Å²) in [6.45, 7) is 1.23. The largest absolute Gasteiger partial charge is 0.494 e. The number of carbonyl (C=O) groups excluding carboxylic acids is 3. The Bertz CT molecular complexity index is 863. The average molecular weight is 415 g/mol. The van der Waals surface area contributed by atoms with E-state index in [4.69, 9.17) is 16.3 Å². The van der Waals surface area contributed by atoms with E-state index < -0.39 is 0 Å². The topological polar surface area (TPSA) is 66.9 Å². The van der Waals surface area contributed by atoms with Gasteiger partial charge < -0.3 is 9.64 Å². The summed E-state index contributed by atoms with van der Waals surface area (Å²) in [4.78, 5) is 39.8. The van der Waals surface area contributed by atoms with Crippen molar-refractivity contribution in [2.45, 2.75) is 19.3 Å². The summed E-state index contributed by atoms with van der Waals surface area (Å²) in [5.74, 6) is 0.000697. The van der Waals surface area contributed by atoms with Gasteiger partial charge in [0.05, 0.1) is 17.7 Å². The molecule has 2 aromatic carbocycles. The Balaban J connectivity index is 1.36. The number of halogens is 1. The van der Waals surface area contributed by atoms with Crippen molar-refractivity contribution in [1.82, 2.24) is 9.80 Å². The highest BCUT2D eigenvalue weighted by Crippen LogP contribution is 2.22. The van der Waals surface area contributed by atoms with Crippen molar-refractivity contribution in [2.75, 3.05) is 26.7 Å². The van der Waals surface area contributed by atoms with E-state index >= 15 is 0 Å². The molecule has 152 valence electrons. The van der Waals surface area contributed by atoms with Gasteiger partial charge in [-0.15, -0.1) is 0 Å². The predicted octanol–water partition coefficient (Wildman–Crippen LogP) is 3.64. The number of fused-ring (bicyclic) bond motifs is 1. The first kappa shape index (κ1) is 20.9. The second-order valence-corrected chi connectivity index (χ2v) is 7.32. The van der Waals surface area contributed by atoms with E-state index in [2.05, 4.69) is 0 Å². The fourth-order valence-electron chi connectivity index (χ4n) is 3.14. The van der Waals surface area contributed by atoms with Gasteiger partial charge in [-0.25, -0.2) is 0 Å². The van der Waals surface area contributed by atoms with Gasteiger partial charge in [0, 0.05) is 31.6 Å². The molecule has 0 aromatic heterocycles. The first-order chi connectivity index (χ1) is 14.0. The second kappa shape index (κ2) is 9.56. The van der Waals surface area contributed by atoms with Crippen LogP contribution in [0.15, 0.2) is 48.5 Å². The fourth-order valence-corrected chi connectivity index (χ4v) is 3.26. The number of imide groups is 1. The Morgan fingerprint density at radius 1 is 1.00 bits per heavy atom. The van der Waals surface area contributed by atoms with E-state index in [0.29, 0.717) is 29.3 Å². The van der Waals surface area contributed by atoms with Crippen LogP contribution in [0.1, 0.15) is 40.0 Å². The van der Waals surface area contributed by atoms with E-state index in [-0.39, 0.29) is 30.7 Å². The first-order valence-corrected chi connectivity index (χ1v) is 9.92.